The van der Waals surface area contributed by atoms with E-state index in [1.165, 1.54) is 11.3 Å². The molecule has 0 fully saturated rings. The molecule has 1 atom stereocenters. The zero-order valence-electron chi connectivity index (χ0n) is 22.2. The summed E-state index contributed by atoms with van der Waals surface area (Å²) >= 11 is 4.78. The van der Waals surface area contributed by atoms with Crippen molar-refractivity contribution >= 4 is 44.9 Å². The minimum absolute atomic E-state index is 0.256. The van der Waals surface area contributed by atoms with Crippen molar-refractivity contribution in [2.45, 2.75) is 13.0 Å². The number of fused-ring (bicyclic) bond motifs is 1. The number of nitrogens with zero attached hydrogens (tertiary/aromatic N) is 2. The van der Waals surface area contributed by atoms with Gasteiger partial charge >= 0.3 is 0 Å². The van der Waals surface area contributed by atoms with Gasteiger partial charge in [-0.05, 0) is 76.5 Å². The largest absolute Gasteiger partial charge is 0.497 e. The minimum atomic E-state index is -0.690. The number of carbonyl (C=O) groups is 1. The van der Waals surface area contributed by atoms with Gasteiger partial charge in [0.05, 0.1) is 47.6 Å². The number of methoxy groups -OCH3 is 3. The highest BCUT2D eigenvalue weighted by atomic mass is 79.9. The van der Waals surface area contributed by atoms with E-state index in [0.29, 0.717) is 48.0 Å². The lowest BCUT2D eigenvalue weighted by atomic mass is 9.95. The van der Waals surface area contributed by atoms with E-state index in [2.05, 4.69) is 21.2 Å². The van der Waals surface area contributed by atoms with Crippen LogP contribution in [-0.2, 0) is 4.79 Å². The average Bonchev–Trinajstić information content (AvgIpc) is 3.26. The van der Waals surface area contributed by atoms with Crippen LogP contribution in [0.5, 0.6) is 17.2 Å². The molecule has 1 amide bonds. The molecule has 3 aromatic carbocycles. The normalized spacial score (nSPS) is 14.8. The van der Waals surface area contributed by atoms with Crippen molar-refractivity contribution in [2.24, 2.45) is 4.99 Å². The number of rotatable bonds is 7. The number of hydrogen-bond donors (Lipinski definition) is 1. The highest BCUT2D eigenvalue weighted by molar-refractivity contribution is 9.10. The Morgan fingerprint density at radius 2 is 1.75 bits per heavy atom. The van der Waals surface area contributed by atoms with E-state index in [0.717, 1.165) is 11.1 Å². The second kappa shape index (κ2) is 11.5. The van der Waals surface area contributed by atoms with Gasteiger partial charge in [-0.3, -0.25) is 14.2 Å². The Bertz CT molecular complexity index is 1790. The molecule has 2 heterocycles. The van der Waals surface area contributed by atoms with Gasteiger partial charge in [-0.1, -0.05) is 41.7 Å². The molecule has 4 aromatic rings. The van der Waals surface area contributed by atoms with Crippen molar-refractivity contribution in [3.8, 4) is 17.2 Å². The SMILES string of the molecule is COc1ccc([C@@H]2C(C(=O)Nc3ccccc3)=C(C)N=c3s/c(=C/c4cc(Br)c(OC)c(OC)c4)c(=O)n32)cc1. The van der Waals surface area contributed by atoms with E-state index in [1.807, 2.05) is 60.7 Å². The molecule has 0 bridgehead atoms. The summed E-state index contributed by atoms with van der Waals surface area (Å²) in [6, 6.07) is 19.5. The predicted octanol–water partition coefficient (Wildman–Crippen LogP) is 4.66. The average molecular weight is 621 g/mol. The van der Waals surface area contributed by atoms with Crippen LogP contribution >= 0.6 is 27.3 Å². The third-order valence-electron chi connectivity index (χ3n) is 6.48. The number of allylic oxidation sites excluding steroid dienone is 1. The predicted molar refractivity (Wildman–Crippen MR) is 159 cm³/mol. The first-order valence-corrected chi connectivity index (χ1v) is 13.9. The summed E-state index contributed by atoms with van der Waals surface area (Å²) in [6.45, 7) is 1.79. The number of nitrogens with one attached hydrogen (secondary N) is 1. The maximum atomic E-state index is 14.0. The molecule has 1 N–H and O–H groups in total. The molecule has 0 saturated heterocycles. The van der Waals surface area contributed by atoms with Crippen LogP contribution in [0.2, 0.25) is 0 Å². The second-order valence-corrected chi connectivity index (χ2v) is 10.8. The molecule has 1 aliphatic heterocycles. The Morgan fingerprint density at radius 3 is 2.40 bits per heavy atom. The number of aromatic nitrogens is 1. The number of thiazole rings is 1. The third kappa shape index (κ3) is 5.20. The molecule has 10 heteroatoms. The maximum Gasteiger partial charge on any atom is 0.271 e. The summed E-state index contributed by atoms with van der Waals surface area (Å²) in [5.74, 6) is 1.44. The van der Waals surface area contributed by atoms with E-state index in [9.17, 15) is 9.59 Å². The van der Waals surface area contributed by atoms with Crippen molar-refractivity contribution < 1.29 is 19.0 Å². The Labute approximate surface area is 243 Å². The monoisotopic (exact) mass is 619 g/mol. The summed E-state index contributed by atoms with van der Waals surface area (Å²) in [5, 5.41) is 2.96. The molecule has 8 nitrogen and oxygen atoms in total. The molecule has 1 aromatic heterocycles. The lowest BCUT2D eigenvalue weighted by Crippen LogP contribution is -2.40. The molecule has 40 heavy (non-hydrogen) atoms. The lowest BCUT2D eigenvalue weighted by molar-refractivity contribution is -0.113. The van der Waals surface area contributed by atoms with Crippen LogP contribution in [0, 0.1) is 0 Å². The number of benzene rings is 3. The number of hydrogen-bond acceptors (Lipinski definition) is 7. The lowest BCUT2D eigenvalue weighted by Gasteiger charge is -2.25. The van der Waals surface area contributed by atoms with Crippen LogP contribution in [-0.4, -0.2) is 31.8 Å². The van der Waals surface area contributed by atoms with Crippen LogP contribution in [0.1, 0.15) is 24.1 Å². The van der Waals surface area contributed by atoms with E-state index >= 15 is 0 Å². The maximum absolute atomic E-state index is 14.0. The Hall–Kier alpha value is -4.15. The van der Waals surface area contributed by atoms with Crippen LogP contribution in [0.15, 0.2) is 92.3 Å². The van der Waals surface area contributed by atoms with Crippen LogP contribution in [0.25, 0.3) is 6.08 Å². The van der Waals surface area contributed by atoms with Gasteiger partial charge in [0, 0.05) is 5.69 Å². The summed E-state index contributed by atoms with van der Waals surface area (Å²) in [4.78, 5) is 32.8. The third-order valence-corrected chi connectivity index (χ3v) is 8.06. The molecule has 0 aliphatic carbocycles. The van der Waals surface area contributed by atoms with E-state index in [1.54, 1.807) is 45.0 Å². The summed E-state index contributed by atoms with van der Waals surface area (Å²) in [6.07, 6.45) is 1.78. The van der Waals surface area contributed by atoms with Crippen molar-refractivity contribution in [1.82, 2.24) is 4.57 Å². The number of anilines is 1. The smallest absolute Gasteiger partial charge is 0.271 e. The van der Waals surface area contributed by atoms with Gasteiger partial charge in [0.1, 0.15) is 5.75 Å². The second-order valence-electron chi connectivity index (χ2n) is 8.91. The number of halogens is 1. The molecule has 0 spiro atoms. The fourth-order valence-corrected chi connectivity index (χ4v) is 6.27. The van der Waals surface area contributed by atoms with E-state index in [4.69, 9.17) is 19.2 Å². The highest BCUT2D eigenvalue weighted by Crippen LogP contribution is 2.36. The Kier molecular flexibility index (Phi) is 7.90. The molecule has 204 valence electrons. The zero-order chi connectivity index (χ0) is 28.4. The zero-order valence-corrected chi connectivity index (χ0v) is 24.6. The molecule has 1 aliphatic rings. The van der Waals surface area contributed by atoms with Gasteiger partial charge in [-0.25, -0.2) is 4.99 Å². The number of carbonyl (C=O) groups excluding carboxylic acids is 1. The van der Waals surface area contributed by atoms with Crippen molar-refractivity contribution in [3.05, 3.63) is 113 Å². The molecular weight excluding hydrogens is 594 g/mol. The standard InChI is InChI=1S/C30H26BrN3O5S/c1-17-25(28(35)33-20-8-6-5-7-9-20)26(19-10-12-21(37-2)13-11-19)34-29(36)24(40-30(34)32-17)16-18-14-22(31)27(39-4)23(15-18)38-3/h5-16,26H,1-4H3,(H,33,35)/b24-16+/t26-/m1/s1. The van der Waals surface area contributed by atoms with Gasteiger partial charge in [0.2, 0.25) is 0 Å². The Balaban J connectivity index is 1.67. The van der Waals surface area contributed by atoms with E-state index in [-0.39, 0.29) is 11.5 Å². The van der Waals surface area contributed by atoms with Crippen LogP contribution in [0.3, 0.4) is 0 Å². The number of para-hydroxylation sites is 1. The van der Waals surface area contributed by atoms with E-state index < -0.39 is 6.04 Å². The quantitative estimate of drug-likeness (QED) is 0.325. The van der Waals surface area contributed by atoms with Crippen LogP contribution < -0.4 is 34.4 Å². The number of ether oxygens (including phenoxy) is 3. The summed E-state index contributed by atoms with van der Waals surface area (Å²) in [7, 11) is 4.71. The molecular formula is C30H26BrN3O5S. The van der Waals surface area contributed by atoms with Crippen molar-refractivity contribution in [2.75, 3.05) is 26.6 Å². The van der Waals surface area contributed by atoms with Gasteiger partial charge < -0.3 is 19.5 Å². The van der Waals surface area contributed by atoms with Gasteiger partial charge in [-0.2, -0.15) is 0 Å². The van der Waals surface area contributed by atoms with Crippen LogP contribution in [0.4, 0.5) is 5.69 Å². The van der Waals surface area contributed by atoms with Crippen molar-refractivity contribution in [3.63, 3.8) is 0 Å². The fraction of sp³-hybridized carbons (Fsp3) is 0.167. The summed E-state index contributed by atoms with van der Waals surface area (Å²) < 4.78 is 19.0. The fourth-order valence-electron chi connectivity index (χ4n) is 4.61. The first-order valence-electron chi connectivity index (χ1n) is 12.3. The molecule has 5 rings (SSSR count). The minimum Gasteiger partial charge on any atom is -0.497 e. The Morgan fingerprint density at radius 1 is 1.02 bits per heavy atom. The molecule has 0 unspecified atom stereocenters. The first kappa shape index (κ1) is 27.4. The highest BCUT2D eigenvalue weighted by Gasteiger charge is 2.32. The van der Waals surface area contributed by atoms with Crippen molar-refractivity contribution in [1.29, 1.82) is 0 Å². The van der Waals surface area contributed by atoms with Gasteiger partial charge in [0.15, 0.2) is 16.3 Å². The van der Waals surface area contributed by atoms with Gasteiger partial charge in [0.25, 0.3) is 11.5 Å². The molecule has 0 radical (unpaired) electrons. The van der Waals surface area contributed by atoms with Gasteiger partial charge in [-0.15, -0.1) is 0 Å². The summed E-state index contributed by atoms with van der Waals surface area (Å²) in [5.41, 5.74) is 2.83. The molecule has 0 saturated carbocycles. The topological polar surface area (TPSA) is 91.2 Å². The number of amides is 1. The first-order chi connectivity index (χ1) is 19.3.